The smallest absolute Gasteiger partial charge is 0.336 e. The second kappa shape index (κ2) is 13.6. The molecule has 0 aromatic rings. The summed E-state index contributed by atoms with van der Waals surface area (Å²) in [5.41, 5.74) is 0.616. The molecule has 4 nitrogen and oxygen atoms in total. The molecule has 0 aromatic heterocycles. The highest BCUT2D eigenvalue weighted by Gasteiger charge is 2.46. The molecule has 0 spiro atoms. The van der Waals surface area contributed by atoms with Gasteiger partial charge in [0.05, 0.1) is 0 Å². The minimum atomic E-state index is -1.27. The Morgan fingerprint density at radius 1 is 0.821 bits per heavy atom. The normalized spacial score (nSPS) is 13.5. The summed E-state index contributed by atoms with van der Waals surface area (Å²) in [6, 6.07) is 0. The average Bonchev–Trinajstić information content (AvgIpc) is 2.65. The van der Waals surface area contributed by atoms with E-state index in [2.05, 4.69) is 40.9 Å². The Hall–Kier alpha value is -1.58. The first-order valence-corrected chi connectivity index (χ1v) is 10.9. The van der Waals surface area contributed by atoms with Crippen molar-refractivity contribution in [1.82, 2.24) is 0 Å². The number of hydrogen-bond acceptors (Lipinski definition) is 4. The number of carbonyl (C=O) groups excluding carboxylic acids is 2. The lowest BCUT2D eigenvalue weighted by Crippen LogP contribution is -2.48. The first-order chi connectivity index (χ1) is 13.2. The molecule has 0 bridgehead atoms. The highest BCUT2D eigenvalue weighted by atomic mass is 16.7. The molecule has 0 rings (SSSR count). The van der Waals surface area contributed by atoms with E-state index in [9.17, 15) is 9.59 Å². The number of hydrogen-bond donors (Lipinski definition) is 0. The summed E-state index contributed by atoms with van der Waals surface area (Å²) in [6.45, 7) is 19.2. The van der Waals surface area contributed by atoms with Gasteiger partial charge in [0.15, 0.2) is 0 Å². The molecular weight excluding hydrogens is 352 g/mol. The van der Waals surface area contributed by atoms with E-state index >= 15 is 0 Å². The maximum atomic E-state index is 12.6. The standard InChI is InChI=1S/C24H42O4/c1-9-13-15-20(11-3)17-24(27-22(25)18(5)6,28-23(26)19(7)8)21(12-4)16-14-10-2/h20-21H,5,7,9-17H2,1-4,6,8H3. The van der Waals surface area contributed by atoms with Gasteiger partial charge in [-0.15, -0.1) is 0 Å². The van der Waals surface area contributed by atoms with E-state index in [0.717, 1.165) is 51.4 Å². The molecule has 0 aromatic carbocycles. The summed E-state index contributed by atoms with van der Waals surface area (Å²) in [5.74, 6) is -2.03. The molecule has 0 fully saturated rings. The minimum Gasteiger partial charge on any atom is -0.419 e. The molecule has 28 heavy (non-hydrogen) atoms. The van der Waals surface area contributed by atoms with Crippen molar-refractivity contribution in [3.63, 3.8) is 0 Å². The highest BCUT2D eigenvalue weighted by Crippen LogP contribution is 2.39. The summed E-state index contributed by atoms with van der Waals surface area (Å²) in [7, 11) is 0. The molecule has 0 aliphatic heterocycles. The molecule has 0 saturated heterocycles. The summed E-state index contributed by atoms with van der Waals surface area (Å²) in [5, 5.41) is 0. The molecule has 0 radical (unpaired) electrons. The number of esters is 2. The minimum absolute atomic E-state index is 0.0604. The van der Waals surface area contributed by atoms with Gasteiger partial charge in [-0.1, -0.05) is 79.4 Å². The zero-order valence-corrected chi connectivity index (χ0v) is 19.1. The fraction of sp³-hybridized carbons (Fsp3) is 0.750. The quantitative estimate of drug-likeness (QED) is 0.175. The molecule has 2 unspecified atom stereocenters. The van der Waals surface area contributed by atoms with Crippen LogP contribution in [0.2, 0.25) is 0 Å². The van der Waals surface area contributed by atoms with E-state index in [1.165, 1.54) is 0 Å². The van der Waals surface area contributed by atoms with E-state index in [4.69, 9.17) is 9.47 Å². The fourth-order valence-electron chi connectivity index (χ4n) is 3.46. The molecule has 2 atom stereocenters. The van der Waals surface area contributed by atoms with Gasteiger partial charge in [-0.3, -0.25) is 0 Å². The van der Waals surface area contributed by atoms with Crippen molar-refractivity contribution in [2.75, 3.05) is 0 Å². The molecular formula is C24H42O4. The van der Waals surface area contributed by atoms with Crippen LogP contribution in [0.3, 0.4) is 0 Å². The Morgan fingerprint density at radius 3 is 1.64 bits per heavy atom. The Labute approximate surface area is 172 Å². The number of carbonyl (C=O) groups is 2. The Balaban J connectivity index is 6.10. The van der Waals surface area contributed by atoms with Crippen molar-refractivity contribution in [2.24, 2.45) is 11.8 Å². The topological polar surface area (TPSA) is 52.6 Å². The first kappa shape index (κ1) is 26.4. The van der Waals surface area contributed by atoms with Gasteiger partial charge in [-0.05, 0) is 32.6 Å². The van der Waals surface area contributed by atoms with E-state index in [0.29, 0.717) is 23.5 Å². The van der Waals surface area contributed by atoms with Gasteiger partial charge in [0.25, 0.3) is 5.79 Å². The lowest BCUT2D eigenvalue weighted by Gasteiger charge is -2.41. The van der Waals surface area contributed by atoms with Crippen LogP contribution in [0, 0.1) is 11.8 Å². The van der Waals surface area contributed by atoms with Crippen LogP contribution in [-0.4, -0.2) is 17.7 Å². The van der Waals surface area contributed by atoms with Crippen molar-refractivity contribution in [3.8, 4) is 0 Å². The van der Waals surface area contributed by atoms with Crippen LogP contribution in [0.1, 0.15) is 99.3 Å². The predicted molar refractivity (Wildman–Crippen MR) is 116 cm³/mol. The van der Waals surface area contributed by atoms with Gasteiger partial charge in [-0.25, -0.2) is 9.59 Å². The van der Waals surface area contributed by atoms with Crippen LogP contribution >= 0.6 is 0 Å². The van der Waals surface area contributed by atoms with Crippen molar-refractivity contribution >= 4 is 11.9 Å². The molecule has 0 saturated carbocycles. The van der Waals surface area contributed by atoms with Crippen molar-refractivity contribution in [2.45, 2.75) is 105 Å². The van der Waals surface area contributed by atoms with Crippen LogP contribution in [0.5, 0.6) is 0 Å². The first-order valence-electron chi connectivity index (χ1n) is 10.9. The molecule has 0 N–H and O–H groups in total. The molecule has 4 heteroatoms. The van der Waals surface area contributed by atoms with Crippen molar-refractivity contribution in [3.05, 3.63) is 24.3 Å². The maximum Gasteiger partial charge on any atom is 0.336 e. The summed E-state index contributed by atoms with van der Waals surface area (Å²) >= 11 is 0. The third kappa shape index (κ3) is 8.62. The van der Waals surface area contributed by atoms with Gasteiger partial charge in [0, 0.05) is 23.5 Å². The fourth-order valence-corrected chi connectivity index (χ4v) is 3.46. The van der Waals surface area contributed by atoms with Crippen LogP contribution in [0.4, 0.5) is 0 Å². The number of unbranched alkanes of at least 4 members (excludes halogenated alkanes) is 2. The van der Waals surface area contributed by atoms with Gasteiger partial charge in [0.2, 0.25) is 0 Å². The van der Waals surface area contributed by atoms with Gasteiger partial charge in [-0.2, -0.15) is 0 Å². The largest absolute Gasteiger partial charge is 0.419 e. The molecule has 0 amide bonds. The third-order valence-electron chi connectivity index (χ3n) is 5.37. The lowest BCUT2D eigenvalue weighted by molar-refractivity contribution is -0.252. The monoisotopic (exact) mass is 394 g/mol. The summed E-state index contributed by atoms with van der Waals surface area (Å²) in [4.78, 5) is 25.1. The second-order valence-electron chi connectivity index (χ2n) is 8.02. The maximum absolute atomic E-state index is 12.6. The van der Waals surface area contributed by atoms with Gasteiger partial charge in [0.1, 0.15) is 0 Å². The van der Waals surface area contributed by atoms with Crippen molar-refractivity contribution in [1.29, 1.82) is 0 Å². The molecule has 0 heterocycles. The number of rotatable bonds is 15. The van der Waals surface area contributed by atoms with Crippen LogP contribution < -0.4 is 0 Å². The van der Waals surface area contributed by atoms with Crippen LogP contribution in [-0.2, 0) is 19.1 Å². The van der Waals surface area contributed by atoms with E-state index in [1.54, 1.807) is 13.8 Å². The van der Waals surface area contributed by atoms with Gasteiger partial charge >= 0.3 is 11.9 Å². The Morgan fingerprint density at radius 2 is 1.29 bits per heavy atom. The second-order valence-corrected chi connectivity index (χ2v) is 8.02. The van der Waals surface area contributed by atoms with Gasteiger partial charge < -0.3 is 9.47 Å². The summed E-state index contributed by atoms with van der Waals surface area (Å²) in [6.07, 6.45) is 8.31. The molecule has 162 valence electrons. The van der Waals surface area contributed by atoms with Crippen molar-refractivity contribution < 1.29 is 19.1 Å². The molecule has 0 aliphatic carbocycles. The van der Waals surface area contributed by atoms with E-state index < -0.39 is 17.7 Å². The predicted octanol–water partition coefficient (Wildman–Crippen LogP) is 6.74. The number of ether oxygens (including phenoxy) is 2. The Bertz CT molecular complexity index is 493. The van der Waals surface area contributed by atoms with Crippen LogP contribution in [0.25, 0.3) is 0 Å². The van der Waals surface area contributed by atoms with E-state index in [-0.39, 0.29) is 5.92 Å². The SMILES string of the molecule is C=C(C)C(=O)OC(CC(CC)CCCC)(OC(=O)C(=C)C)C(CC)CCCC. The molecule has 0 aliphatic rings. The highest BCUT2D eigenvalue weighted by molar-refractivity contribution is 5.89. The van der Waals surface area contributed by atoms with Crippen LogP contribution in [0.15, 0.2) is 24.3 Å². The third-order valence-corrected chi connectivity index (χ3v) is 5.37. The van der Waals surface area contributed by atoms with E-state index in [1.807, 2.05) is 0 Å². The Kier molecular flexibility index (Phi) is 12.8. The lowest BCUT2D eigenvalue weighted by atomic mass is 9.81. The zero-order valence-electron chi connectivity index (χ0n) is 19.1. The summed E-state index contributed by atoms with van der Waals surface area (Å²) < 4.78 is 11.9. The zero-order chi connectivity index (χ0) is 21.7. The average molecular weight is 395 g/mol.